The van der Waals surface area contributed by atoms with E-state index >= 15 is 0 Å². The average molecular weight is 349 g/mol. The Morgan fingerprint density at radius 3 is 3.04 bits per heavy atom. The number of nitrogens with one attached hydrogen (secondary N) is 2. The van der Waals surface area contributed by atoms with Crippen LogP contribution in [-0.2, 0) is 16.1 Å². The second kappa shape index (κ2) is 9.62. The van der Waals surface area contributed by atoms with Gasteiger partial charge in [0.15, 0.2) is 5.15 Å². The van der Waals surface area contributed by atoms with Gasteiger partial charge in [-0.25, -0.2) is 4.98 Å². The van der Waals surface area contributed by atoms with Crippen LogP contribution in [0.5, 0.6) is 0 Å². The smallest absolute Gasteiger partial charge is 0.238 e. The summed E-state index contributed by atoms with van der Waals surface area (Å²) < 4.78 is 6.51. The molecular weight excluding hydrogens is 332 g/mol. The highest BCUT2D eigenvalue weighted by Crippen LogP contribution is 2.18. The Morgan fingerprint density at radius 2 is 2.33 bits per heavy atom. The lowest BCUT2D eigenvalue weighted by molar-refractivity contribution is -0.115. The van der Waals surface area contributed by atoms with Crippen LogP contribution in [0, 0.1) is 11.8 Å². The van der Waals surface area contributed by atoms with Gasteiger partial charge in [-0.1, -0.05) is 22.7 Å². The van der Waals surface area contributed by atoms with Gasteiger partial charge in [-0.3, -0.25) is 9.48 Å². The van der Waals surface area contributed by atoms with Gasteiger partial charge in [-0.2, -0.15) is 0 Å². The number of anilines is 1. The summed E-state index contributed by atoms with van der Waals surface area (Å²) in [7, 11) is 1.56. The molecule has 0 fully saturated rings. The van der Waals surface area contributed by atoms with E-state index in [9.17, 15) is 4.79 Å². The van der Waals surface area contributed by atoms with Crippen molar-refractivity contribution in [3.63, 3.8) is 0 Å². The lowest BCUT2D eigenvalue weighted by atomic mass is 10.3. The van der Waals surface area contributed by atoms with E-state index in [-0.39, 0.29) is 17.6 Å². The van der Waals surface area contributed by atoms with Crippen LogP contribution in [0.25, 0.3) is 0 Å². The predicted molar refractivity (Wildman–Crippen MR) is 89.5 cm³/mol. The number of ether oxygens (including phenoxy) is 1. The van der Waals surface area contributed by atoms with E-state index in [1.807, 2.05) is 0 Å². The Hall–Kier alpha value is -2.47. The third-order valence-electron chi connectivity index (χ3n) is 2.83. The molecule has 0 saturated heterocycles. The number of halogens is 1. The molecule has 9 heteroatoms. The molecule has 0 unspecified atom stereocenters. The summed E-state index contributed by atoms with van der Waals surface area (Å²) >= 11 is 6.05. The molecular formula is C15H17ClN6O2. The van der Waals surface area contributed by atoms with E-state index in [1.54, 1.807) is 36.3 Å². The van der Waals surface area contributed by atoms with E-state index in [0.29, 0.717) is 31.1 Å². The zero-order chi connectivity index (χ0) is 17.2. The summed E-state index contributed by atoms with van der Waals surface area (Å²) in [5.41, 5.74) is 0.957. The van der Waals surface area contributed by atoms with E-state index in [1.165, 1.54) is 0 Å². The van der Waals surface area contributed by atoms with Crippen molar-refractivity contribution in [2.45, 2.75) is 6.54 Å². The van der Waals surface area contributed by atoms with Gasteiger partial charge in [0.25, 0.3) is 0 Å². The van der Waals surface area contributed by atoms with Gasteiger partial charge in [0, 0.05) is 19.9 Å². The first kappa shape index (κ1) is 17.9. The lowest BCUT2D eigenvalue weighted by Gasteiger charge is -2.08. The largest absolute Gasteiger partial charge is 0.372 e. The number of carbonyl (C=O) groups excluding carboxylic acids is 1. The van der Waals surface area contributed by atoms with Crippen molar-refractivity contribution in [3.05, 3.63) is 35.4 Å². The molecule has 0 aliphatic rings. The van der Waals surface area contributed by atoms with Crippen molar-refractivity contribution in [1.29, 1.82) is 0 Å². The minimum atomic E-state index is -0.212. The third-order valence-corrected chi connectivity index (χ3v) is 3.12. The van der Waals surface area contributed by atoms with Gasteiger partial charge in [0.2, 0.25) is 5.91 Å². The van der Waals surface area contributed by atoms with Crippen molar-refractivity contribution in [3.8, 4) is 11.8 Å². The Balaban J connectivity index is 1.77. The first-order valence-electron chi connectivity index (χ1n) is 7.18. The van der Waals surface area contributed by atoms with Crippen molar-refractivity contribution >= 4 is 23.2 Å². The number of pyridine rings is 1. The molecule has 126 valence electrons. The van der Waals surface area contributed by atoms with Crippen LogP contribution >= 0.6 is 11.6 Å². The monoisotopic (exact) mass is 348 g/mol. The molecule has 2 aromatic rings. The summed E-state index contributed by atoms with van der Waals surface area (Å²) in [6.45, 7) is 1.69. The molecule has 2 rings (SSSR count). The average Bonchev–Trinajstić information content (AvgIpc) is 3.08. The summed E-state index contributed by atoms with van der Waals surface area (Å²) in [5.74, 6) is 5.38. The van der Waals surface area contributed by atoms with Crippen LogP contribution in [0.1, 0.15) is 5.69 Å². The number of methoxy groups -OCH3 is 1. The second-order valence-corrected chi connectivity index (χ2v) is 5.02. The first-order valence-corrected chi connectivity index (χ1v) is 7.56. The molecule has 24 heavy (non-hydrogen) atoms. The third kappa shape index (κ3) is 5.96. The standard InChI is InChI=1S/C15H17ClN6O2/c1-24-10-2-3-12-4-5-13(15(16)19-12)20-14(23)11-17-6-8-22-9-7-18-21-22/h4-5,7,9,17H,6,8,10-11H2,1H3,(H,20,23). The maximum absolute atomic E-state index is 11.9. The van der Waals surface area contributed by atoms with Crippen LogP contribution in [-0.4, -0.2) is 52.7 Å². The van der Waals surface area contributed by atoms with Gasteiger partial charge in [-0.05, 0) is 18.1 Å². The van der Waals surface area contributed by atoms with Gasteiger partial charge in [0.05, 0.1) is 25.0 Å². The Bertz CT molecular complexity index is 723. The Kier molecular flexibility index (Phi) is 7.17. The topological polar surface area (TPSA) is 94.0 Å². The molecule has 0 atom stereocenters. The van der Waals surface area contributed by atoms with Crippen LogP contribution in [0.2, 0.25) is 5.15 Å². The van der Waals surface area contributed by atoms with Crippen molar-refractivity contribution in [1.82, 2.24) is 25.3 Å². The molecule has 0 bridgehead atoms. The SMILES string of the molecule is COCC#Cc1ccc(NC(=O)CNCCn2ccnn2)c(Cl)n1. The molecule has 1 amide bonds. The summed E-state index contributed by atoms with van der Waals surface area (Å²) in [5, 5.41) is 13.4. The van der Waals surface area contributed by atoms with Crippen molar-refractivity contribution < 1.29 is 9.53 Å². The number of hydrogen-bond donors (Lipinski definition) is 2. The Morgan fingerprint density at radius 1 is 1.46 bits per heavy atom. The van der Waals surface area contributed by atoms with E-state index < -0.39 is 0 Å². The highest BCUT2D eigenvalue weighted by molar-refractivity contribution is 6.32. The van der Waals surface area contributed by atoms with Crippen molar-refractivity contribution in [2.75, 3.05) is 32.1 Å². The number of aromatic nitrogens is 4. The summed E-state index contributed by atoms with van der Waals surface area (Å²) in [4.78, 5) is 16.0. The number of nitrogens with zero attached hydrogens (tertiary/aromatic N) is 4. The van der Waals surface area contributed by atoms with E-state index in [0.717, 1.165) is 0 Å². The number of carbonyl (C=O) groups is 1. The number of rotatable bonds is 7. The minimum absolute atomic E-state index is 0.153. The first-order chi connectivity index (χ1) is 11.7. The molecule has 0 aliphatic carbocycles. The molecule has 0 aliphatic heterocycles. The molecule has 0 aromatic carbocycles. The van der Waals surface area contributed by atoms with Gasteiger partial charge >= 0.3 is 0 Å². The molecule has 2 N–H and O–H groups in total. The van der Waals surface area contributed by atoms with E-state index in [4.69, 9.17) is 16.3 Å². The lowest BCUT2D eigenvalue weighted by Crippen LogP contribution is -2.30. The highest BCUT2D eigenvalue weighted by Gasteiger charge is 2.07. The van der Waals surface area contributed by atoms with E-state index in [2.05, 4.69) is 37.8 Å². The zero-order valence-corrected chi connectivity index (χ0v) is 13.9. The molecule has 0 spiro atoms. The second-order valence-electron chi connectivity index (χ2n) is 4.66. The van der Waals surface area contributed by atoms with Gasteiger partial charge < -0.3 is 15.4 Å². The zero-order valence-electron chi connectivity index (χ0n) is 13.1. The quantitative estimate of drug-likeness (QED) is 0.431. The summed E-state index contributed by atoms with van der Waals surface area (Å²) in [6.07, 6.45) is 3.36. The summed E-state index contributed by atoms with van der Waals surface area (Å²) in [6, 6.07) is 3.35. The van der Waals surface area contributed by atoms with Crippen LogP contribution in [0.4, 0.5) is 5.69 Å². The van der Waals surface area contributed by atoms with Crippen molar-refractivity contribution in [2.24, 2.45) is 0 Å². The van der Waals surface area contributed by atoms with Crippen LogP contribution in [0.15, 0.2) is 24.5 Å². The molecule has 8 nitrogen and oxygen atoms in total. The Labute approximate surface area is 144 Å². The fourth-order valence-electron chi connectivity index (χ4n) is 1.74. The fourth-order valence-corrected chi connectivity index (χ4v) is 1.94. The minimum Gasteiger partial charge on any atom is -0.372 e. The predicted octanol–water partition coefficient (Wildman–Crippen LogP) is 0.553. The molecule has 0 saturated carbocycles. The van der Waals surface area contributed by atoms with Crippen LogP contribution in [0.3, 0.4) is 0 Å². The van der Waals surface area contributed by atoms with Gasteiger partial charge in [-0.15, -0.1) is 5.10 Å². The highest BCUT2D eigenvalue weighted by atomic mass is 35.5. The number of hydrogen-bond acceptors (Lipinski definition) is 6. The maximum atomic E-state index is 11.9. The normalized spacial score (nSPS) is 10.1. The number of amides is 1. The van der Waals surface area contributed by atoms with Crippen LogP contribution < -0.4 is 10.6 Å². The fraction of sp³-hybridized carbons (Fsp3) is 0.333. The van der Waals surface area contributed by atoms with Gasteiger partial charge in [0.1, 0.15) is 12.3 Å². The maximum Gasteiger partial charge on any atom is 0.238 e. The molecule has 2 aromatic heterocycles. The molecule has 0 radical (unpaired) electrons. The molecule has 2 heterocycles.